The lowest BCUT2D eigenvalue weighted by Gasteiger charge is -2.31. The van der Waals surface area contributed by atoms with Crippen LogP contribution < -0.4 is 4.90 Å². The zero-order valence-electron chi connectivity index (χ0n) is 12.6. The maximum atomic E-state index is 12.9. The number of anilines is 1. The van der Waals surface area contributed by atoms with Gasteiger partial charge in [-0.2, -0.15) is 0 Å². The highest BCUT2D eigenvalue weighted by Gasteiger charge is 2.39. The molecule has 0 N–H and O–H groups in total. The third-order valence-electron chi connectivity index (χ3n) is 3.75. The maximum absolute atomic E-state index is 12.9. The van der Waals surface area contributed by atoms with Crippen LogP contribution in [0.4, 0.5) is 5.69 Å². The third-order valence-corrected chi connectivity index (χ3v) is 4.07. The summed E-state index contributed by atoms with van der Waals surface area (Å²) >= 11 is 6.19. The van der Waals surface area contributed by atoms with Crippen molar-refractivity contribution in [2.24, 2.45) is 4.99 Å². The van der Waals surface area contributed by atoms with Gasteiger partial charge in [-0.1, -0.05) is 41.9 Å². The van der Waals surface area contributed by atoms with E-state index in [2.05, 4.69) is 4.99 Å². The molecule has 2 aromatic rings. The smallest absolute Gasteiger partial charge is 0.265 e. The van der Waals surface area contributed by atoms with Gasteiger partial charge in [0.2, 0.25) is 5.91 Å². The summed E-state index contributed by atoms with van der Waals surface area (Å²) in [5, 5.41) is 0.361. The van der Waals surface area contributed by atoms with Crippen LogP contribution in [0.5, 0.6) is 0 Å². The first kappa shape index (κ1) is 15.4. The molecule has 0 fully saturated rings. The van der Waals surface area contributed by atoms with Gasteiger partial charge < -0.3 is 0 Å². The van der Waals surface area contributed by atoms with Crippen molar-refractivity contribution in [3.05, 3.63) is 64.7 Å². The summed E-state index contributed by atoms with van der Waals surface area (Å²) in [6.45, 7) is 2.47. The average molecular weight is 327 g/mol. The van der Waals surface area contributed by atoms with Crippen molar-refractivity contribution >= 4 is 35.3 Å². The number of hydrogen-bond donors (Lipinski definition) is 0. The highest BCUT2D eigenvalue weighted by atomic mass is 35.5. The van der Waals surface area contributed by atoms with E-state index in [0.29, 0.717) is 28.4 Å². The summed E-state index contributed by atoms with van der Waals surface area (Å²) in [6, 6.07) is 13.9. The number of amides is 2. The number of rotatable bonds is 3. The number of aliphatic imine (C=N–C) groups is 1. The molecule has 3 rings (SSSR count). The van der Waals surface area contributed by atoms with Crippen LogP contribution in [0.25, 0.3) is 0 Å². The van der Waals surface area contributed by atoms with Crippen LogP contribution in [0.3, 0.4) is 0 Å². The van der Waals surface area contributed by atoms with Gasteiger partial charge in [-0.15, -0.1) is 0 Å². The van der Waals surface area contributed by atoms with Crippen molar-refractivity contribution in [1.29, 1.82) is 0 Å². The highest BCUT2D eigenvalue weighted by molar-refractivity contribution is 6.37. The first-order valence-electron chi connectivity index (χ1n) is 7.36. The van der Waals surface area contributed by atoms with Crippen LogP contribution in [0.1, 0.15) is 28.8 Å². The molecule has 0 radical (unpaired) electrons. The van der Waals surface area contributed by atoms with Crippen LogP contribution in [0.15, 0.2) is 53.5 Å². The molecule has 5 heteroatoms. The maximum Gasteiger partial charge on any atom is 0.265 e. The van der Waals surface area contributed by atoms with E-state index in [9.17, 15) is 9.59 Å². The fourth-order valence-corrected chi connectivity index (χ4v) is 2.89. The number of carbonyl (C=O) groups is 2. The van der Waals surface area contributed by atoms with E-state index in [-0.39, 0.29) is 11.8 Å². The summed E-state index contributed by atoms with van der Waals surface area (Å²) in [7, 11) is 0. The Hall–Kier alpha value is -2.46. The quantitative estimate of drug-likeness (QED) is 0.638. The van der Waals surface area contributed by atoms with Crippen molar-refractivity contribution in [2.75, 3.05) is 11.4 Å². The Morgan fingerprint density at radius 1 is 1.13 bits per heavy atom. The van der Waals surface area contributed by atoms with Crippen molar-refractivity contribution in [3.63, 3.8) is 0 Å². The summed E-state index contributed by atoms with van der Waals surface area (Å²) in [5.74, 6) is -1.28. The first-order chi connectivity index (χ1) is 11.1. The Morgan fingerprint density at radius 3 is 2.57 bits per heavy atom. The number of hydrogen-bond acceptors (Lipinski definition) is 3. The molecule has 4 nitrogen and oxygen atoms in total. The largest absolute Gasteiger partial charge is 0.297 e. The molecule has 23 heavy (non-hydrogen) atoms. The molecule has 0 aromatic heterocycles. The number of nitrogens with zero attached hydrogens (tertiary/aromatic N) is 2. The number of fused-ring (bicyclic) bond motifs is 1. The van der Waals surface area contributed by atoms with Crippen LogP contribution in [-0.2, 0) is 4.79 Å². The van der Waals surface area contributed by atoms with Crippen LogP contribution in [0.2, 0.25) is 5.02 Å². The molecular formula is C18H15ClN2O2. The van der Waals surface area contributed by atoms with Gasteiger partial charge in [0.05, 0.1) is 16.6 Å². The molecule has 1 unspecified atom stereocenters. The standard InChI is InChI=1S/C18H15ClN2O2/c1-2-20-11-14-12-7-3-4-8-13(12)17(22)21(18(14)23)16-10-6-5-9-15(16)19/h3-11,14H,2H2,1H3. The molecular weight excluding hydrogens is 312 g/mol. The van der Waals surface area contributed by atoms with E-state index < -0.39 is 5.92 Å². The lowest BCUT2D eigenvalue weighted by molar-refractivity contribution is -0.118. The Morgan fingerprint density at radius 2 is 1.83 bits per heavy atom. The van der Waals surface area contributed by atoms with Crippen molar-refractivity contribution < 1.29 is 9.59 Å². The van der Waals surface area contributed by atoms with Crippen LogP contribution >= 0.6 is 11.6 Å². The molecule has 2 aromatic carbocycles. The summed E-state index contributed by atoms with van der Waals surface area (Å²) in [5.41, 5.74) is 1.58. The monoisotopic (exact) mass is 326 g/mol. The summed E-state index contributed by atoms with van der Waals surface area (Å²) in [6.07, 6.45) is 1.61. The second kappa shape index (κ2) is 6.34. The van der Waals surface area contributed by atoms with Gasteiger partial charge in [0.15, 0.2) is 0 Å². The second-order valence-electron chi connectivity index (χ2n) is 5.14. The number of carbonyl (C=O) groups excluding carboxylic acids is 2. The van der Waals surface area contributed by atoms with Gasteiger partial charge in [-0.25, -0.2) is 4.90 Å². The van der Waals surface area contributed by atoms with E-state index in [1.165, 1.54) is 0 Å². The van der Waals surface area contributed by atoms with Gasteiger partial charge in [0.25, 0.3) is 5.91 Å². The normalized spacial score (nSPS) is 17.7. The van der Waals surface area contributed by atoms with E-state index in [0.717, 1.165) is 4.90 Å². The van der Waals surface area contributed by atoms with Crippen LogP contribution in [-0.4, -0.2) is 24.6 Å². The summed E-state index contributed by atoms with van der Waals surface area (Å²) in [4.78, 5) is 31.1. The highest BCUT2D eigenvalue weighted by Crippen LogP contribution is 2.34. The first-order valence-corrected chi connectivity index (χ1v) is 7.74. The molecule has 0 aliphatic carbocycles. The molecule has 0 saturated carbocycles. The Balaban J connectivity index is 2.17. The predicted octanol–water partition coefficient (Wildman–Crippen LogP) is 3.70. The molecule has 0 bridgehead atoms. The predicted molar refractivity (Wildman–Crippen MR) is 91.5 cm³/mol. The van der Waals surface area contributed by atoms with Gasteiger partial charge in [0.1, 0.15) is 0 Å². The molecule has 1 aliphatic rings. The Kier molecular flexibility index (Phi) is 4.26. The minimum Gasteiger partial charge on any atom is -0.297 e. The molecule has 1 atom stereocenters. The molecule has 116 valence electrons. The number of imide groups is 1. The van der Waals surface area contributed by atoms with Gasteiger partial charge in [-0.3, -0.25) is 14.6 Å². The van der Waals surface area contributed by atoms with Gasteiger partial charge >= 0.3 is 0 Å². The Labute approximate surface area is 139 Å². The minimum absolute atomic E-state index is 0.334. The Bertz CT molecular complexity index is 801. The molecule has 0 saturated heterocycles. The fourth-order valence-electron chi connectivity index (χ4n) is 2.67. The van der Waals surface area contributed by atoms with E-state index >= 15 is 0 Å². The topological polar surface area (TPSA) is 49.7 Å². The van der Waals surface area contributed by atoms with Crippen molar-refractivity contribution in [3.8, 4) is 0 Å². The van der Waals surface area contributed by atoms with Gasteiger partial charge in [0, 0.05) is 18.3 Å². The fraction of sp³-hybridized carbons (Fsp3) is 0.167. The minimum atomic E-state index is -0.583. The van der Waals surface area contributed by atoms with Crippen molar-refractivity contribution in [2.45, 2.75) is 12.8 Å². The zero-order chi connectivity index (χ0) is 16.4. The average Bonchev–Trinajstić information content (AvgIpc) is 2.57. The third kappa shape index (κ3) is 2.66. The number of halogens is 1. The van der Waals surface area contributed by atoms with Gasteiger partial charge in [-0.05, 0) is 30.7 Å². The molecule has 1 heterocycles. The SMILES string of the molecule is CCN=CC1C(=O)N(c2ccccc2Cl)C(=O)c2ccccc21. The zero-order valence-corrected chi connectivity index (χ0v) is 13.3. The molecule has 1 aliphatic heterocycles. The van der Waals surface area contributed by atoms with E-state index in [1.54, 1.807) is 48.7 Å². The molecule has 0 spiro atoms. The number of para-hydroxylation sites is 1. The van der Waals surface area contributed by atoms with E-state index in [1.807, 2.05) is 13.0 Å². The molecule has 2 amide bonds. The lowest BCUT2D eigenvalue weighted by Crippen LogP contribution is -2.45. The number of benzene rings is 2. The second-order valence-corrected chi connectivity index (χ2v) is 5.55. The van der Waals surface area contributed by atoms with E-state index in [4.69, 9.17) is 11.6 Å². The lowest BCUT2D eigenvalue weighted by atomic mass is 9.89. The van der Waals surface area contributed by atoms with Crippen LogP contribution in [0, 0.1) is 0 Å². The summed E-state index contributed by atoms with van der Waals surface area (Å²) < 4.78 is 0. The van der Waals surface area contributed by atoms with Crippen molar-refractivity contribution in [1.82, 2.24) is 0 Å².